The Balaban J connectivity index is 1.83. The minimum atomic E-state index is -0.417. The van der Waals surface area contributed by atoms with Crippen molar-refractivity contribution in [1.29, 1.82) is 0 Å². The van der Waals surface area contributed by atoms with E-state index in [-0.39, 0.29) is 0 Å². The van der Waals surface area contributed by atoms with Gasteiger partial charge in [0.05, 0.1) is 12.7 Å². The molecule has 1 aliphatic rings. The van der Waals surface area contributed by atoms with Crippen molar-refractivity contribution >= 4 is 11.8 Å². The highest BCUT2D eigenvalue weighted by atomic mass is 19.1. The molecule has 106 valence electrons. The van der Waals surface area contributed by atoms with Crippen LogP contribution in [0.2, 0.25) is 0 Å². The molecule has 3 rings (SSSR count). The number of nitrogens with one attached hydrogen (secondary N) is 1. The topological polar surface area (TPSA) is 71.8 Å². The van der Waals surface area contributed by atoms with Gasteiger partial charge in [-0.1, -0.05) is 6.92 Å². The molecule has 0 unspecified atom stereocenters. The van der Waals surface area contributed by atoms with Crippen molar-refractivity contribution in [1.82, 2.24) is 24.7 Å². The third kappa shape index (κ3) is 2.40. The maximum atomic E-state index is 13.9. The van der Waals surface area contributed by atoms with E-state index in [0.717, 1.165) is 25.3 Å². The predicted octanol–water partition coefficient (Wildman–Crippen LogP) is 1.05. The van der Waals surface area contributed by atoms with Crippen LogP contribution in [0.3, 0.4) is 0 Å². The minimum absolute atomic E-state index is 0.313. The zero-order chi connectivity index (χ0) is 13.9. The molecule has 8 heteroatoms. The van der Waals surface area contributed by atoms with Gasteiger partial charge in [-0.15, -0.1) is 10.2 Å². The number of halogens is 1. The van der Waals surface area contributed by atoms with E-state index in [9.17, 15) is 4.39 Å². The third-order valence-electron chi connectivity index (χ3n) is 3.20. The van der Waals surface area contributed by atoms with Crippen molar-refractivity contribution in [3.63, 3.8) is 0 Å². The van der Waals surface area contributed by atoms with Gasteiger partial charge in [0, 0.05) is 19.6 Å². The van der Waals surface area contributed by atoms with Crippen molar-refractivity contribution in [3.8, 4) is 0 Å². The van der Waals surface area contributed by atoms with E-state index in [1.807, 2.05) is 9.47 Å². The first-order valence-electron chi connectivity index (χ1n) is 6.66. The van der Waals surface area contributed by atoms with Gasteiger partial charge < -0.3 is 14.8 Å². The molecule has 2 aromatic heterocycles. The lowest BCUT2D eigenvalue weighted by Crippen LogP contribution is -2.35. The first kappa shape index (κ1) is 12.8. The lowest BCUT2D eigenvalue weighted by molar-refractivity contribution is 0.535. The normalized spacial score (nSPS) is 14.2. The van der Waals surface area contributed by atoms with Gasteiger partial charge in [-0.05, 0) is 6.42 Å². The Hall–Kier alpha value is -2.25. The van der Waals surface area contributed by atoms with E-state index < -0.39 is 5.82 Å². The molecule has 0 bridgehead atoms. The Morgan fingerprint density at radius 1 is 1.40 bits per heavy atom. The van der Waals surface area contributed by atoms with Crippen LogP contribution in [0.4, 0.5) is 16.2 Å². The highest BCUT2D eigenvalue weighted by Crippen LogP contribution is 2.21. The van der Waals surface area contributed by atoms with Crippen LogP contribution in [0.15, 0.2) is 12.5 Å². The standard InChI is InChI=1S/C12H16FN7/c1-2-3-14-12-15-6-9(13)11(17-12)19-4-5-20-8-16-18-10(20)7-19/h6,8H,2-5,7H2,1H3,(H,14,15,17). The Bertz CT molecular complexity index is 597. The van der Waals surface area contributed by atoms with Crippen LogP contribution in [-0.2, 0) is 13.1 Å². The summed E-state index contributed by atoms with van der Waals surface area (Å²) >= 11 is 0. The maximum Gasteiger partial charge on any atom is 0.224 e. The number of aromatic nitrogens is 5. The van der Waals surface area contributed by atoms with E-state index >= 15 is 0 Å². The lowest BCUT2D eigenvalue weighted by atomic mass is 10.3. The molecule has 1 N–H and O–H groups in total. The highest BCUT2D eigenvalue weighted by molar-refractivity contribution is 5.44. The number of hydrogen-bond acceptors (Lipinski definition) is 6. The minimum Gasteiger partial charge on any atom is -0.354 e. The molecule has 0 saturated heterocycles. The molecule has 0 amide bonds. The van der Waals surface area contributed by atoms with Crippen LogP contribution in [0.25, 0.3) is 0 Å². The average Bonchev–Trinajstić information content (AvgIpc) is 2.93. The molecule has 0 atom stereocenters. The van der Waals surface area contributed by atoms with Crippen molar-refractivity contribution in [3.05, 3.63) is 24.2 Å². The van der Waals surface area contributed by atoms with Gasteiger partial charge in [0.25, 0.3) is 0 Å². The van der Waals surface area contributed by atoms with Crippen LogP contribution in [0.1, 0.15) is 19.2 Å². The maximum absolute atomic E-state index is 13.9. The van der Waals surface area contributed by atoms with Crippen LogP contribution in [0, 0.1) is 5.82 Å². The highest BCUT2D eigenvalue weighted by Gasteiger charge is 2.22. The molecule has 0 aromatic carbocycles. The van der Waals surface area contributed by atoms with Crippen LogP contribution < -0.4 is 10.2 Å². The zero-order valence-corrected chi connectivity index (χ0v) is 11.3. The lowest BCUT2D eigenvalue weighted by Gasteiger charge is -2.28. The first-order valence-corrected chi connectivity index (χ1v) is 6.66. The quantitative estimate of drug-likeness (QED) is 0.900. The summed E-state index contributed by atoms with van der Waals surface area (Å²) in [6, 6.07) is 0. The summed E-state index contributed by atoms with van der Waals surface area (Å²) in [5.74, 6) is 1.17. The van der Waals surface area contributed by atoms with Gasteiger partial charge in [0.1, 0.15) is 6.33 Å². The van der Waals surface area contributed by atoms with Crippen LogP contribution in [0.5, 0.6) is 0 Å². The van der Waals surface area contributed by atoms with Gasteiger partial charge >= 0.3 is 0 Å². The number of nitrogens with zero attached hydrogens (tertiary/aromatic N) is 6. The molecule has 0 radical (unpaired) electrons. The third-order valence-corrected chi connectivity index (χ3v) is 3.20. The molecule has 0 saturated carbocycles. The summed E-state index contributed by atoms with van der Waals surface area (Å²) in [6.45, 7) is 4.71. The van der Waals surface area contributed by atoms with Gasteiger partial charge in [-0.3, -0.25) is 0 Å². The fourth-order valence-electron chi connectivity index (χ4n) is 2.15. The summed E-state index contributed by atoms with van der Waals surface area (Å²) in [5, 5.41) is 11.0. The van der Waals surface area contributed by atoms with Crippen molar-refractivity contribution < 1.29 is 4.39 Å². The molecule has 7 nitrogen and oxygen atoms in total. The molecule has 20 heavy (non-hydrogen) atoms. The summed E-state index contributed by atoms with van der Waals surface area (Å²) in [5.41, 5.74) is 0. The van der Waals surface area contributed by atoms with Gasteiger partial charge in [-0.25, -0.2) is 9.37 Å². The number of fused-ring (bicyclic) bond motifs is 1. The first-order chi connectivity index (χ1) is 9.78. The fraction of sp³-hybridized carbons (Fsp3) is 0.500. The van der Waals surface area contributed by atoms with E-state index in [1.54, 1.807) is 6.33 Å². The Kier molecular flexibility index (Phi) is 3.44. The smallest absolute Gasteiger partial charge is 0.224 e. The number of rotatable bonds is 4. The Morgan fingerprint density at radius 3 is 3.15 bits per heavy atom. The summed E-state index contributed by atoms with van der Waals surface area (Å²) in [7, 11) is 0. The fourth-order valence-corrected chi connectivity index (χ4v) is 2.15. The second-order valence-electron chi connectivity index (χ2n) is 4.65. The summed E-state index contributed by atoms with van der Waals surface area (Å²) in [4.78, 5) is 10.1. The number of anilines is 2. The predicted molar refractivity (Wildman–Crippen MR) is 71.8 cm³/mol. The average molecular weight is 277 g/mol. The second-order valence-corrected chi connectivity index (χ2v) is 4.65. The monoisotopic (exact) mass is 277 g/mol. The van der Waals surface area contributed by atoms with Gasteiger partial charge in [-0.2, -0.15) is 4.98 Å². The molecule has 2 aromatic rings. The van der Waals surface area contributed by atoms with E-state index in [0.29, 0.717) is 24.9 Å². The van der Waals surface area contributed by atoms with Crippen molar-refractivity contribution in [2.45, 2.75) is 26.4 Å². The largest absolute Gasteiger partial charge is 0.354 e. The SMILES string of the molecule is CCCNc1ncc(F)c(N2CCn3cnnc3C2)n1. The van der Waals surface area contributed by atoms with E-state index in [1.165, 1.54) is 6.20 Å². The van der Waals surface area contributed by atoms with Crippen molar-refractivity contribution in [2.75, 3.05) is 23.3 Å². The van der Waals surface area contributed by atoms with E-state index in [2.05, 4.69) is 32.4 Å². The molecule has 0 aliphatic carbocycles. The molecular weight excluding hydrogens is 261 g/mol. The van der Waals surface area contributed by atoms with Gasteiger partial charge in [0.15, 0.2) is 17.5 Å². The van der Waals surface area contributed by atoms with E-state index in [4.69, 9.17) is 0 Å². The summed E-state index contributed by atoms with van der Waals surface area (Å²) in [6.07, 6.45) is 3.86. The molecule has 0 spiro atoms. The summed E-state index contributed by atoms with van der Waals surface area (Å²) < 4.78 is 15.9. The number of hydrogen-bond donors (Lipinski definition) is 1. The zero-order valence-electron chi connectivity index (χ0n) is 11.3. The van der Waals surface area contributed by atoms with Crippen molar-refractivity contribution in [2.24, 2.45) is 0 Å². The molecule has 3 heterocycles. The van der Waals surface area contributed by atoms with Crippen LogP contribution >= 0.6 is 0 Å². The second kappa shape index (κ2) is 5.40. The Labute approximate surface area is 115 Å². The van der Waals surface area contributed by atoms with Gasteiger partial charge in [0.2, 0.25) is 5.95 Å². The molecular formula is C12H16FN7. The Morgan fingerprint density at radius 2 is 2.30 bits per heavy atom. The molecule has 1 aliphatic heterocycles. The molecule has 0 fully saturated rings. The van der Waals surface area contributed by atoms with Crippen LogP contribution in [-0.4, -0.2) is 37.8 Å².